The molecule has 1 aliphatic rings. The van der Waals surface area contributed by atoms with E-state index in [1.54, 1.807) is 0 Å². The summed E-state index contributed by atoms with van der Waals surface area (Å²) in [5, 5.41) is 75.1. The first-order valence-electron chi connectivity index (χ1n) is 23.6. The van der Waals surface area contributed by atoms with Gasteiger partial charge in [0.1, 0.15) is 36.6 Å². The molecule has 1 saturated heterocycles. The Balaban J connectivity index is 2.25. The SMILES string of the molecule is CCC/C=C/CCCC(O)C(O)C(COC1OC(CO)C(O)C(O)C1O)NC(=O)C(O)CCCCCCCCCCCCCCCCCCCCCCCCCC. The van der Waals surface area contributed by atoms with Gasteiger partial charge in [0.05, 0.1) is 25.4 Å². The van der Waals surface area contributed by atoms with E-state index in [-0.39, 0.29) is 12.8 Å². The van der Waals surface area contributed by atoms with Gasteiger partial charge in [-0.1, -0.05) is 187 Å². The second kappa shape index (κ2) is 36.7. The number of unbranched alkanes of at least 4 members (excludes halogenated alkanes) is 25. The van der Waals surface area contributed by atoms with Crippen LogP contribution in [-0.4, -0.2) is 110 Å². The largest absolute Gasteiger partial charge is 0.394 e. The summed E-state index contributed by atoms with van der Waals surface area (Å²) in [5.41, 5.74) is 0. The molecule has 338 valence electrons. The average molecular weight is 816 g/mol. The fourth-order valence-electron chi connectivity index (χ4n) is 7.63. The van der Waals surface area contributed by atoms with Gasteiger partial charge in [-0.15, -0.1) is 0 Å². The first kappa shape index (κ1) is 53.9. The zero-order chi connectivity index (χ0) is 41.9. The molecule has 0 aliphatic carbocycles. The number of aliphatic hydroxyl groups is 7. The molecule has 1 fully saturated rings. The number of aliphatic hydroxyl groups excluding tert-OH is 7. The van der Waals surface area contributed by atoms with Crippen molar-refractivity contribution in [2.75, 3.05) is 13.2 Å². The number of rotatable bonds is 39. The maximum atomic E-state index is 13.0. The summed E-state index contributed by atoms with van der Waals surface area (Å²) in [5.74, 6) is -0.708. The molecule has 1 heterocycles. The highest BCUT2D eigenvalue weighted by Crippen LogP contribution is 2.23. The molecule has 1 rings (SSSR count). The van der Waals surface area contributed by atoms with Crippen LogP contribution in [0.2, 0.25) is 0 Å². The van der Waals surface area contributed by atoms with Crippen molar-refractivity contribution in [3.8, 4) is 0 Å². The Morgan fingerprint density at radius 3 is 1.51 bits per heavy atom. The van der Waals surface area contributed by atoms with Gasteiger partial charge in [-0.3, -0.25) is 4.79 Å². The van der Waals surface area contributed by atoms with Crippen molar-refractivity contribution in [2.24, 2.45) is 0 Å². The minimum Gasteiger partial charge on any atom is -0.394 e. The highest BCUT2D eigenvalue weighted by molar-refractivity contribution is 5.80. The molecule has 9 atom stereocenters. The Labute approximate surface area is 347 Å². The molecule has 0 radical (unpaired) electrons. The lowest BCUT2D eigenvalue weighted by atomic mass is 9.98. The van der Waals surface area contributed by atoms with E-state index in [9.17, 15) is 40.5 Å². The van der Waals surface area contributed by atoms with E-state index in [1.807, 2.05) is 6.08 Å². The Morgan fingerprint density at radius 2 is 1.05 bits per heavy atom. The number of amides is 1. The van der Waals surface area contributed by atoms with Crippen LogP contribution in [-0.2, 0) is 14.3 Å². The highest BCUT2D eigenvalue weighted by Gasteiger charge is 2.44. The summed E-state index contributed by atoms with van der Waals surface area (Å²) >= 11 is 0. The Bertz CT molecular complexity index is 939. The van der Waals surface area contributed by atoms with Gasteiger partial charge in [0.15, 0.2) is 6.29 Å². The van der Waals surface area contributed by atoms with E-state index in [1.165, 1.54) is 128 Å². The zero-order valence-corrected chi connectivity index (χ0v) is 36.3. The van der Waals surface area contributed by atoms with Gasteiger partial charge >= 0.3 is 0 Å². The predicted molar refractivity (Wildman–Crippen MR) is 229 cm³/mol. The monoisotopic (exact) mass is 816 g/mol. The number of allylic oxidation sites excluding steroid dienone is 2. The van der Waals surface area contributed by atoms with Gasteiger partial charge in [0, 0.05) is 0 Å². The fraction of sp³-hybridized carbons (Fsp3) is 0.935. The Morgan fingerprint density at radius 1 is 0.596 bits per heavy atom. The minimum atomic E-state index is -1.66. The van der Waals surface area contributed by atoms with E-state index < -0.39 is 74.2 Å². The standard InChI is InChI=1S/C46H89NO10/c1-3-5-7-9-11-12-13-14-15-16-17-18-19-20-21-22-23-24-25-26-27-28-30-32-34-39(50)45(55)47-37(41(51)38(49)33-31-29-10-8-6-4-2)36-56-46-44(54)43(53)42(52)40(35-48)57-46/h8,10,37-44,46,48-54H,3-7,9,11-36H2,1-2H3,(H,47,55)/b10-8+. The smallest absolute Gasteiger partial charge is 0.249 e. The molecular weight excluding hydrogens is 727 g/mol. The van der Waals surface area contributed by atoms with E-state index in [2.05, 4.69) is 25.2 Å². The van der Waals surface area contributed by atoms with Crippen LogP contribution in [0.25, 0.3) is 0 Å². The van der Waals surface area contributed by atoms with E-state index in [4.69, 9.17) is 9.47 Å². The maximum absolute atomic E-state index is 13.0. The van der Waals surface area contributed by atoms with Crippen LogP contribution in [0.3, 0.4) is 0 Å². The number of carbonyl (C=O) groups is 1. The number of hydrogen-bond acceptors (Lipinski definition) is 10. The summed E-state index contributed by atoms with van der Waals surface area (Å²) in [6.45, 7) is 3.30. The van der Waals surface area contributed by atoms with E-state index in [0.29, 0.717) is 12.8 Å². The van der Waals surface area contributed by atoms with Gasteiger partial charge in [-0.05, 0) is 32.1 Å². The lowest BCUT2D eigenvalue weighted by Crippen LogP contribution is -2.60. The van der Waals surface area contributed by atoms with Crippen LogP contribution >= 0.6 is 0 Å². The van der Waals surface area contributed by atoms with Crippen molar-refractivity contribution in [3.63, 3.8) is 0 Å². The molecule has 0 bridgehead atoms. The molecule has 9 unspecified atom stereocenters. The first-order valence-corrected chi connectivity index (χ1v) is 23.6. The molecule has 0 aromatic rings. The topological polar surface area (TPSA) is 189 Å². The molecule has 11 heteroatoms. The predicted octanol–water partition coefficient (Wildman–Crippen LogP) is 7.67. The van der Waals surface area contributed by atoms with Crippen molar-refractivity contribution in [3.05, 3.63) is 12.2 Å². The van der Waals surface area contributed by atoms with Gasteiger partial charge < -0.3 is 50.5 Å². The third-order valence-corrected chi connectivity index (χ3v) is 11.5. The molecule has 57 heavy (non-hydrogen) atoms. The summed E-state index contributed by atoms with van der Waals surface area (Å²) < 4.78 is 11.0. The normalized spacial score (nSPS) is 22.2. The van der Waals surface area contributed by atoms with Crippen molar-refractivity contribution in [1.82, 2.24) is 5.32 Å². The highest BCUT2D eigenvalue weighted by atomic mass is 16.7. The van der Waals surface area contributed by atoms with Crippen LogP contribution in [0.15, 0.2) is 12.2 Å². The van der Waals surface area contributed by atoms with Gasteiger partial charge in [-0.25, -0.2) is 0 Å². The lowest BCUT2D eigenvalue weighted by molar-refractivity contribution is -0.303. The van der Waals surface area contributed by atoms with Crippen molar-refractivity contribution in [2.45, 2.75) is 262 Å². The fourth-order valence-corrected chi connectivity index (χ4v) is 7.63. The van der Waals surface area contributed by atoms with Crippen molar-refractivity contribution in [1.29, 1.82) is 0 Å². The van der Waals surface area contributed by atoms with Crippen LogP contribution in [0.4, 0.5) is 0 Å². The van der Waals surface area contributed by atoms with Gasteiger partial charge in [0.25, 0.3) is 0 Å². The maximum Gasteiger partial charge on any atom is 0.249 e. The molecule has 1 aliphatic heterocycles. The molecule has 0 aromatic heterocycles. The van der Waals surface area contributed by atoms with Crippen LogP contribution < -0.4 is 5.32 Å². The van der Waals surface area contributed by atoms with E-state index in [0.717, 1.165) is 38.5 Å². The summed E-state index contributed by atoms with van der Waals surface area (Å²) in [6.07, 6.45) is 27.6. The van der Waals surface area contributed by atoms with Crippen molar-refractivity contribution < 1.29 is 50.0 Å². The molecular formula is C46H89NO10. The number of hydrogen-bond donors (Lipinski definition) is 8. The molecule has 8 N–H and O–H groups in total. The summed E-state index contributed by atoms with van der Waals surface area (Å²) in [4.78, 5) is 13.0. The average Bonchev–Trinajstić information content (AvgIpc) is 3.21. The Kier molecular flexibility index (Phi) is 34.7. The second-order valence-electron chi connectivity index (χ2n) is 16.8. The molecule has 0 spiro atoms. The van der Waals surface area contributed by atoms with Crippen LogP contribution in [0, 0.1) is 0 Å². The van der Waals surface area contributed by atoms with Gasteiger partial charge in [-0.2, -0.15) is 0 Å². The minimum absolute atomic E-state index is 0.256. The van der Waals surface area contributed by atoms with Crippen molar-refractivity contribution >= 4 is 5.91 Å². The molecule has 0 saturated carbocycles. The lowest BCUT2D eigenvalue weighted by Gasteiger charge is -2.40. The first-order chi connectivity index (χ1) is 27.7. The van der Waals surface area contributed by atoms with Gasteiger partial charge in [0.2, 0.25) is 5.91 Å². The number of carbonyl (C=O) groups excluding carboxylic acids is 1. The Hall–Kier alpha value is -1.15. The van der Waals surface area contributed by atoms with E-state index >= 15 is 0 Å². The quantitative estimate of drug-likeness (QED) is 0.0226. The molecule has 1 amide bonds. The number of ether oxygens (including phenoxy) is 2. The zero-order valence-electron chi connectivity index (χ0n) is 36.3. The third-order valence-electron chi connectivity index (χ3n) is 11.5. The van der Waals surface area contributed by atoms with Crippen LogP contribution in [0.5, 0.6) is 0 Å². The van der Waals surface area contributed by atoms with Crippen LogP contribution in [0.1, 0.15) is 206 Å². The summed E-state index contributed by atoms with van der Waals surface area (Å²) in [7, 11) is 0. The number of nitrogens with one attached hydrogen (secondary N) is 1. The summed E-state index contributed by atoms with van der Waals surface area (Å²) in [6, 6.07) is -1.18. The third kappa shape index (κ3) is 26.6. The second-order valence-corrected chi connectivity index (χ2v) is 16.8. The molecule has 0 aromatic carbocycles. The molecule has 11 nitrogen and oxygen atoms in total.